The Hall–Kier alpha value is -7.20. The normalized spacial score (nSPS) is 11.9. The molecule has 268 valence electrons. The van der Waals surface area contributed by atoms with Crippen molar-refractivity contribution in [1.82, 2.24) is 9.13 Å². The second-order valence-electron chi connectivity index (χ2n) is 14.8. The molecule has 0 saturated heterocycles. The fraction of sp³-hybridized carbons (Fsp3) is 0. The third-order valence-corrected chi connectivity index (χ3v) is 16.7. The third kappa shape index (κ3) is 5.10. The number of fused-ring (bicyclic) bond motifs is 6. The molecule has 0 amide bonds. The van der Waals surface area contributed by atoms with Gasteiger partial charge in [-0.25, -0.2) is 0 Å². The Bertz CT molecular complexity index is 3110. The van der Waals surface area contributed by atoms with Crippen molar-refractivity contribution in [1.29, 1.82) is 0 Å². The van der Waals surface area contributed by atoms with Crippen molar-refractivity contribution in [2.45, 2.75) is 0 Å². The molecule has 2 heterocycles. The average Bonchev–Trinajstić information content (AvgIpc) is 3.82. The van der Waals surface area contributed by atoms with Gasteiger partial charge in [0.25, 0.3) is 0 Å². The summed E-state index contributed by atoms with van der Waals surface area (Å²) in [6.45, 7) is 0. The Morgan fingerprint density at radius 2 is 0.842 bits per heavy atom. The monoisotopic (exact) mass is 742 g/mol. The van der Waals surface area contributed by atoms with Gasteiger partial charge in [0, 0.05) is 27.2 Å². The van der Waals surface area contributed by atoms with Crippen molar-refractivity contribution < 1.29 is 0 Å². The van der Waals surface area contributed by atoms with Crippen molar-refractivity contribution in [3.63, 3.8) is 0 Å². The van der Waals surface area contributed by atoms with E-state index in [1.807, 2.05) is 0 Å². The predicted octanol–water partition coefficient (Wildman–Crippen LogP) is 10.9. The molecule has 0 aliphatic carbocycles. The maximum Gasteiger partial charge on any atom is 0.181 e. The molecule has 0 N–H and O–H groups in total. The van der Waals surface area contributed by atoms with Gasteiger partial charge >= 0.3 is 0 Å². The molecule has 0 aliphatic heterocycles. The van der Waals surface area contributed by atoms with Gasteiger partial charge in [-0.05, 0) is 68.3 Å². The molecule has 3 heteroatoms. The maximum atomic E-state index is 2.60. The molecule has 9 aromatic carbocycles. The molecule has 2 nitrogen and oxygen atoms in total. The average molecular weight is 743 g/mol. The second-order valence-corrected chi connectivity index (χ2v) is 18.6. The van der Waals surface area contributed by atoms with Crippen LogP contribution in [-0.4, -0.2) is 17.2 Å². The quantitative estimate of drug-likeness (QED) is 0.114. The maximum absolute atomic E-state index is 2.93. The van der Waals surface area contributed by atoms with Crippen LogP contribution in [0.5, 0.6) is 0 Å². The lowest BCUT2D eigenvalue weighted by atomic mass is 10.0. The number of nitrogens with zero attached hydrogens (tertiary/aromatic N) is 2. The second kappa shape index (κ2) is 13.5. The summed E-state index contributed by atoms with van der Waals surface area (Å²) in [6, 6.07) is 85.3. The summed E-state index contributed by atoms with van der Waals surface area (Å²) in [5.41, 5.74) is 9.56. The van der Waals surface area contributed by atoms with Crippen LogP contribution in [0.1, 0.15) is 0 Å². The first-order valence-corrected chi connectivity index (χ1v) is 21.7. The molecule has 0 fully saturated rings. The standard InChI is InChI=1S/C54H38N2Si/c1-6-20-39(21-7-1)40-36-37-47-51(38-40)55(41-22-8-2-9-23-41)49-33-19-34-50(53(47)49)56-48-32-17-16-30-45(48)46-31-18-35-52(54(46)56)57(42-24-10-3-11-25-42,43-26-12-4-13-27-43)44-28-14-5-15-29-44/h1-38H. The van der Waals surface area contributed by atoms with E-state index in [-0.39, 0.29) is 0 Å². The molecule has 0 spiro atoms. The summed E-state index contributed by atoms with van der Waals surface area (Å²) in [5, 5.41) is 10.4. The van der Waals surface area contributed by atoms with Crippen LogP contribution in [0, 0.1) is 0 Å². The Morgan fingerprint density at radius 3 is 1.49 bits per heavy atom. The van der Waals surface area contributed by atoms with E-state index in [1.165, 1.54) is 81.2 Å². The van der Waals surface area contributed by atoms with Gasteiger partial charge in [-0.3, -0.25) is 0 Å². The number of rotatable bonds is 7. The Balaban J connectivity index is 1.32. The van der Waals surface area contributed by atoms with Crippen LogP contribution in [0.25, 0.3) is 66.1 Å². The Labute approximate surface area is 333 Å². The highest BCUT2D eigenvalue weighted by molar-refractivity contribution is 7.20. The van der Waals surface area contributed by atoms with E-state index in [0.29, 0.717) is 0 Å². The summed E-state index contributed by atoms with van der Waals surface area (Å²) in [7, 11) is -2.93. The van der Waals surface area contributed by atoms with Gasteiger partial charge in [-0.1, -0.05) is 194 Å². The van der Waals surface area contributed by atoms with E-state index >= 15 is 0 Å². The van der Waals surface area contributed by atoms with E-state index in [0.717, 1.165) is 5.69 Å². The van der Waals surface area contributed by atoms with Crippen LogP contribution in [-0.2, 0) is 0 Å². The number of hydrogen-bond donors (Lipinski definition) is 0. The van der Waals surface area contributed by atoms with Gasteiger partial charge < -0.3 is 9.13 Å². The SMILES string of the molecule is c1ccc(-c2ccc3c4c(-n5c6ccccc6c6cccc([Si](c7ccccc7)(c7ccccc7)c7ccccc7)c65)cccc4n(-c4ccccc4)c3c2)cc1. The zero-order valence-electron chi connectivity index (χ0n) is 31.3. The zero-order chi connectivity index (χ0) is 37.8. The van der Waals surface area contributed by atoms with Crippen LogP contribution in [0.15, 0.2) is 231 Å². The minimum atomic E-state index is -2.93. The van der Waals surface area contributed by atoms with Crippen LogP contribution < -0.4 is 20.7 Å². The van der Waals surface area contributed by atoms with Gasteiger partial charge in [-0.2, -0.15) is 0 Å². The molecule has 11 rings (SSSR count). The van der Waals surface area contributed by atoms with Crippen molar-refractivity contribution in [2.75, 3.05) is 0 Å². The van der Waals surface area contributed by atoms with Gasteiger partial charge in [0.05, 0.1) is 27.8 Å². The summed E-state index contributed by atoms with van der Waals surface area (Å²) >= 11 is 0. The van der Waals surface area contributed by atoms with Gasteiger partial charge in [0.2, 0.25) is 0 Å². The zero-order valence-corrected chi connectivity index (χ0v) is 32.3. The minimum Gasteiger partial charge on any atom is -0.309 e. The summed E-state index contributed by atoms with van der Waals surface area (Å²) in [6.07, 6.45) is 0. The van der Waals surface area contributed by atoms with Crippen LogP contribution >= 0.6 is 0 Å². The summed E-state index contributed by atoms with van der Waals surface area (Å²) in [4.78, 5) is 0. The van der Waals surface area contributed by atoms with Crippen LogP contribution in [0.2, 0.25) is 0 Å². The number of aromatic nitrogens is 2. The number of hydrogen-bond acceptors (Lipinski definition) is 0. The highest BCUT2D eigenvalue weighted by atomic mass is 28.3. The fourth-order valence-corrected chi connectivity index (χ4v) is 14.5. The van der Waals surface area contributed by atoms with E-state index in [2.05, 4.69) is 240 Å². The molecule has 0 saturated carbocycles. The summed E-state index contributed by atoms with van der Waals surface area (Å²) < 4.78 is 5.05. The van der Waals surface area contributed by atoms with Gasteiger partial charge in [0.15, 0.2) is 8.07 Å². The number of benzene rings is 9. The van der Waals surface area contributed by atoms with E-state index < -0.39 is 8.07 Å². The van der Waals surface area contributed by atoms with Crippen molar-refractivity contribution >= 4 is 72.4 Å². The highest BCUT2D eigenvalue weighted by Gasteiger charge is 2.43. The molecule has 0 unspecified atom stereocenters. The molecule has 2 aromatic heterocycles. The van der Waals surface area contributed by atoms with Crippen molar-refractivity contribution in [3.05, 3.63) is 231 Å². The van der Waals surface area contributed by atoms with E-state index in [9.17, 15) is 0 Å². The van der Waals surface area contributed by atoms with E-state index in [1.54, 1.807) is 0 Å². The lowest BCUT2D eigenvalue weighted by molar-refractivity contribution is 1.17. The fourth-order valence-electron chi connectivity index (χ4n) is 9.50. The van der Waals surface area contributed by atoms with Gasteiger partial charge in [0.1, 0.15) is 0 Å². The third-order valence-electron chi connectivity index (χ3n) is 11.9. The molecule has 57 heavy (non-hydrogen) atoms. The Morgan fingerprint density at radius 1 is 0.316 bits per heavy atom. The van der Waals surface area contributed by atoms with E-state index in [4.69, 9.17) is 0 Å². The predicted molar refractivity (Wildman–Crippen MR) is 244 cm³/mol. The first kappa shape index (κ1) is 33.2. The topological polar surface area (TPSA) is 9.86 Å². The smallest absolute Gasteiger partial charge is 0.181 e. The van der Waals surface area contributed by atoms with Gasteiger partial charge in [-0.15, -0.1) is 0 Å². The van der Waals surface area contributed by atoms with Crippen LogP contribution in [0.4, 0.5) is 0 Å². The van der Waals surface area contributed by atoms with Crippen LogP contribution in [0.3, 0.4) is 0 Å². The Kier molecular flexibility index (Phi) is 7.87. The first-order chi connectivity index (χ1) is 28.3. The van der Waals surface area contributed by atoms with Crippen molar-refractivity contribution in [2.24, 2.45) is 0 Å². The number of para-hydroxylation sites is 3. The lowest BCUT2D eigenvalue weighted by Gasteiger charge is -2.35. The molecule has 0 aliphatic rings. The molecular formula is C54H38N2Si. The highest BCUT2D eigenvalue weighted by Crippen LogP contribution is 2.41. The minimum absolute atomic E-state index is 1.14. The lowest BCUT2D eigenvalue weighted by Crippen LogP contribution is -2.75. The summed E-state index contributed by atoms with van der Waals surface area (Å²) in [5.74, 6) is 0. The molecular weight excluding hydrogens is 705 g/mol. The van der Waals surface area contributed by atoms with Crippen molar-refractivity contribution in [3.8, 4) is 22.5 Å². The largest absolute Gasteiger partial charge is 0.309 e. The molecule has 11 aromatic rings. The molecule has 0 atom stereocenters. The molecule has 0 bridgehead atoms. The molecule has 0 radical (unpaired) electrons. The first-order valence-electron chi connectivity index (χ1n) is 19.7.